The Kier molecular flexibility index (Phi) is 4.06. The molecule has 0 aromatic carbocycles. The maximum absolute atomic E-state index is 11.8. The first-order valence-corrected chi connectivity index (χ1v) is 5.92. The van der Waals surface area contributed by atoms with Crippen LogP contribution in [-0.2, 0) is 4.79 Å². The second kappa shape index (κ2) is 5.95. The van der Waals surface area contributed by atoms with Crippen molar-refractivity contribution < 1.29 is 9.59 Å². The van der Waals surface area contributed by atoms with Gasteiger partial charge in [-0.15, -0.1) is 0 Å². The molecule has 1 aliphatic carbocycles. The normalized spacial score (nSPS) is 18.1. The number of amides is 2. The van der Waals surface area contributed by atoms with Gasteiger partial charge in [0.15, 0.2) is 0 Å². The van der Waals surface area contributed by atoms with Crippen molar-refractivity contribution in [1.82, 2.24) is 15.8 Å². The van der Waals surface area contributed by atoms with Crippen LogP contribution < -0.4 is 10.9 Å². The summed E-state index contributed by atoms with van der Waals surface area (Å²) in [5, 5.41) is 0. The lowest BCUT2D eigenvalue weighted by molar-refractivity contribution is -0.126. The highest BCUT2D eigenvalue weighted by atomic mass is 16.2. The van der Waals surface area contributed by atoms with Crippen LogP contribution in [0.3, 0.4) is 0 Å². The summed E-state index contributed by atoms with van der Waals surface area (Å²) in [6.45, 7) is 0. The van der Waals surface area contributed by atoms with E-state index < -0.39 is 0 Å². The number of allylic oxidation sites excluding steroid dienone is 2. The van der Waals surface area contributed by atoms with Crippen molar-refractivity contribution in [2.45, 2.75) is 19.3 Å². The molecule has 1 heterocycles. The molecule has 94 valence electrons. The van der Waals surface area contributed by atoms with Crippen LogP contribution in [-0.4, -0.2) is 16.8 Å². The van der Waals surface area contributed by atoms with Crippen LogP contribution in [0.1, 0.15) is 29.6 Å². The Morgan fingerprint density at radius 3 is 2.83 bits per heavy atom. The first-order chi connectivity index (χ1) is 8.77. The molecule has 2 N–H and O–H groups in total. The minimum atomic E-state index is -0.359. The summed E-state index contributed by atoms with van der Waals surface area (Å²) >= 11 is 0. The van der Waals surface area contributed by atoms with E-state index in [4.69, 9.17) is 0 Å². The van der Waals surface area contributed by atoms with E-state index in [9.17, 15) is 9.59 Å². The summed E-state index contributed by atoms with van der Waals surface area (Å²) < 4.78 is 0. The zero-order valence-corrected chi connectivity index (χ0v) is 9.93. The standard InChI is InChI=1S/C13H15N3O2/c17-12(10-5-2-1-3-6-10)15-16-13(18)11-7-4-8-14-9-11/h1-2,4,7-10H,3,5-6H2,(H,15,17)(H,16,18). The smallest absolute Gasteiger partial charge is 0.271 e. The molecule has 0 saturated heterocycles. The van der Waals surface area contributed by atoms with Crippen LogP contribution in [0.15, 0.2) is 36.7 Å². The van der Waals surface area contributed by atoms with Crippen molar-refractivity contribution in [2.75, 3.05) is 0 Å². The van der Waals surface area contributed by atoms with Crippen molar-refractivity contribution in [3.8, 4) is 0 Å². The Hall–Kier alpha value is -2.17. The van der Waals surface area contributed by atoms with Crippen molar-refractivity contribution in [1.29, 1.82) is 0 Å². The van der Waals surface area contributed by atoms with Crippen LogP contribution in [0.25, 0.3) is 0 Å². The predicted molar refractivity (Wildman–Crippen MR) is 66.3 cm³/mol. The maximum atomic E-state index is 11.8. The average Bonchev–Trinajstić information content (AvgIpc) is 2.46. The Bertz CT molecular complexity index is 457. The molecule has 0 radical (unpaired) electrons. The van der Waals surface area contributed by atoms with Gasteiger partial charge in [0.25, 0.3) is 5.91 Å². The largest absolute Gasteiger partial charge is 0.273 e. The van der Waals surface area contributed by atoms with E-state index in [0.29, 0.717) is 5.56 Å². The molecule has 0 fully saturated rings. The van der Waals surface area contributed by atoms with Gasteiger partial charge in [-0.25, -0.2) is 0 Å². The number of pyridine rings is 1. The maximum Gasteiger partial charge on any atom is 0.271 e. The van der Waals surface area contributed by atoms with Crippen LogP contribution in [0.4, 0.5) is 0 Å². The van der Waals surface area contributed by atoms with Crippen LogP contribution >= 0.6 is 0 Å². The second-order valence-corrected chi connectivity index (χ2v) is 4.17. The van der Waals surface area contributed by atoms with E-state index in [2.05, 4.69) is 21.9 Å². The molecular formula is C13H15N3O2. The highest BCUT2D eigenvalue weighted by molar-refractivity contribution is 5.95. The first-order valence-electron chi connectivity index (χ1n) is 5.92. The lowest BCUT2D eigenvalue weighted by Gasteiger charge is -2.17. The van der Waals surface area contributed by atoms with E-state index in [-0.39, 0.29) is 17.7 Å². The van der Waals surface area contributed by atoms with E-state index >= 15 is 0 Å². The lowest BCUT2D eigenvalue weighted by atomic mass is 9.94. The van der Waals surface area contributed by atoms with Crippen molar-refractivity contribution >= 4 is 11.8 Å². The summed E-state index contributed by atoms with van der Waals surface area (Å²) in [6.07, 6.45) is 9.57. The Labute approximate surface area is 105 Å². The highest BCUT2D eigenvalue weighted by Crippen LogP contribution is 2.17. The minimum absolute atomic E-state index is 0.0517. The van der Waals surface area contributed by atoms with Crippen LogP contribution in [0, 0.1) is 5.92 Å². The van der Waals surface area contributed by atoms with E-state index in [1.165, 1.54) is 6.20 Å². The predicted octanol–water partition coefficient (Wildman–Crippen LogP) is 1.20. The minimum Gasteiger partial charge on any atom is -0.273 e. The topological polar surface area (TPSA) is 71.1 Å². The fourth-order valence-electron chi connectivity index (χ4n) is 1.82. The number of hydrogen-bond acceptors (Lipinski definition) is 3. The number of carbonyl (C=O) groups excluding carboxylic acids is 2. The molecule has 0 saturated carbocycles. The van der Waals surface area contributed by atoms with Crippen LogP contribution in [0.2, 0.25) is 0 Å². The van der Waals surface area contributed by atoms with Gasteiger partial charge in [0, 0.05) is 18.3 Å². The molecule has 1 aromatic rings. The molecule has 1 unspecified atom stereocenters. The summed E-state index contributed by atoms with van der Waals surface area (Å²) in [6, 6.07) is 3.31. The average molecular weight is 245 g/mol. The van der Waals surface area contributed by atoms with E-state index in [1.54, 1.807) is 18.3 Å². The third-order valence-corrected chi connectivity index (χ3v) is 2.86. The van der Waals surface area contributed by atoms with Crippen molar-refractivity contribution in [3.63, 3.8) is 0 Å². The molecule has 5 nitrogen and oxygen atoms in total. The van der Waals surface area contributed by atoms with Gasteiger partial charge >= 0.3 is 0 Å². The summed E-state index contributed by atoms with van der Waals surface area (Å²) in [7, 11) is 0. The molecule has 0 bridgehead atoms. The van der Waals surface area contributed by atoms with Gasteiger partial charge in [-0.1, -0.05) is 12.2 Å². The number of hydrazine groups is 1. The van der Waals surface area contributed by atoms with Gasteiger partial charge in [0.2, 0.25) is 5.91 Å². The van der Waals surface area contributed by atoms with Gasteiger partial charge in [-0.3, -0.25) is 25.4 Å². The number of nitrogens with zero attached hydrogens (tertiary/aromatic N) is 1. The molecule has 1 aromatic heterocycles. The molecule has 1 aliphatic rings. The molecule has 18 heavy (non-hydrogen) atoms. The molecule has 2 rings (SSSR count). The number of carbonyl (C=O) groups is 2. The Balaban J connectivity index is 1.83. The third kappa shape index (κ3) is 3.16. The molecule has 1 atom stereocenters. The van der Waals surface area contributed by atoms with Crippen molar-refractivity contribution in [2.24, 2.45) is 5.92 Å². The fourth-order valence-corrected chi connectivity index (χ4v) is 1.82. The Morgan fingerprint density at radius 2 is 2.17 bits per heavy atom. The number of hydrogen-bond donors (Lipinski definition) is 2. The summed E-state index contributed by atoms with van der Waals surface area (Å²) in [5.74, 6) is -0.552. The number of aromatic nitrogens is 1. The lowest BCUT2D eigenvalue weighted by Crippen LogP contribution is -2.44. The molecule has 5 heteroatoms. The number of nitrogens with one attached hydrogen (secondary N) is 2. The summed E-state index contributed by atoms with van der Waals surface area (Å²) in [5.41, 5.74) is 5.26. The molecule has 2 amide bonds. The third-order valence-electron chi connectivity index (χ3n) is 2.86. The van der Waals surface area contributed by atoms with E-state index in [0.717, 1.165) is 19.3 Å². The highest BCUT2D eigenvalue weighted by Gasteiger charge is 2.19. The van der Waals surface area contributed by atoms with Gasteiger partial charge < -0.3 is 0 Å². The molecule has 0 aliphatic heterocycles. The van der Waals surface area contributed by atoms with Gasteiger partial charge in [-0.05, 0) is 31.4 Å². The van der Waals surface area contributed by atoms with E-state index in [1.807, 2.05) is 6.08 Å². The fraction of sp³-hybridized carbons (Fsp3) is 0.308. The van der Waals surface area contributed by atoms with Crippen molar-refractivity contribution in [3.05, 3.63) is 42.2 Å². The number of rotatable bonds is 2. The van der Waals surface area contributed by atoms with Gasteiger partial charge in [0.05, 0.1) is 5.56 Å². The molecule has 0 spiro atoms. The van der Waals surface area contributed by atoms with Gasteiger partial charge in [0.1, 0.15) is 0 Å². The van der Waals surface area contributed by atoms with Crippen LogP contribution in [0.5, 0.6) is 0 Å². The summed E-state index contributed by atoms with van der Waals surface area (Å²) in [4.78, 5) is 27.3. The zero-order chi connectivity index (χ0) is 12.8. The first kappa shape index (κ1) is 12.3. The SMILES string of the molecule is O=C(NNC(=O)C1CC=CCC1)c1cccnc1. The quantitative estimate of drug-likeness (QED) is 0.607. The monoisotopic (exact) mass is 245 g/mol. The zero-order valence-electron chi connectivity index (χ0n) is 9.93. The Morgan fingerprint density at radius 1 is 1.28 bits per heavy atom. The molecular weight excluding hydrogens is 230 g/mol. The second-order valence-electron chi connectivity index (χ2n) is 4.17. The van der Waals surface area contributed by atoms with Gasteiger partial charge in [-0.2, -0.15) is 0 Å².